The van der Waals surface area contributed by atoms with E-state index < -0.39 is 0 Å². The van der Waals surface area contributed by atoms with Gasteiger partial charge in [0, 0.05) is 12.8 Å². The van der Waals surface area contributed by atoms with E-state index in [-0.39, 0.29) is 0 Å². The Balaban J connectivity index is 1.62. The molecule has 0 unspecified atom stereocenters. The molecule has 3 heteroatoms. The molecule has 3 nitrogen and oxygen atoms in total. The normalized spacial score (nSPS) is 9.93. The Morgan fingerprint density at radius 3 is 1.57 bits per heavy atom. The van der Waals surface area contributed by atoms with Crippen molar-refractivity contribution in [2.75, 3.05) is 0 Å². The molecular formula is C25H26O3. The second-order valence-electron chi connectivity index (χ2n) is 6.61. The van der Waals surface area contributed by atoms with Crippen molar-refractivity contribution in [3.8, 4) is 36.6 Å². The van der Waals surface area contributed by atoms with Crippen LogP contribution < -0.4 is 9.47 Å². The van der Waals surface area contributed by atoms with Crippen molar-refractivity contribution in [1.82, 2.24) is 0 Å². The standard InChI is InChI=1S/C25H26O3/c1-3-27-24-19-11-7-15-21(24)13-5-9-17-23(26)18-10-6-14-22-16-8-12-20-25(22)28-4-2/h1-2,7-8,11-12,15-16,19-20H,5-6,9-10,13-14,17-18H2. The van der Waals surface area contributed by atoms with E-state index in [1.54, 1.807) is 0 Å². The summed E-state index contributed by atoms with van der Waals surface area (Å²) in [5, 5.41) is 0. The molecular weight excluding hydrogens is 348 g/mol. The molecule has 0 atom stereocenters. The van der Waals surface area contributed by atoms with Crippen molar-refractivity contribution < 1.29 is 14.3 Å². The Bertz CT molecular complexity index is 770. The number of carbonyl (C=O) groups is 1. The van der Waals surface area contributed by atoms with E-state index in [1.807, 2.05) is 48.5 Å². The number of ether oxygens (including phenoxy) is 2. The minimum Gasteiger partial charge on any atom is -0.408 e. The van der Waals surface area contributed by atoms with Crippen molar-refractivity contribution in [3.63, 3.8) is 0 Å². The highest BCUT2D eigenvalue weighted by molar-refractivity contribution is 5.78. The molecule has 0 bridgehead atoms. The van der Waals surface area contributed by atoms with Gasteiger partial charge < -0.3 is 9.47 Å². The summed E-state index contributed by atoms with van der Waals surface area (Å²) in [4.78, 5) is 12.1. The Morgan fingerprint density at radius 2 is 1.14 bits per heavy atom. The van der Waals surface area contributed by atoms with Crippen molar-refractivity contribution in [1.29, 1.82) is 0 Å². The molecule has 0 radical (unpaired) electrons. The minimum absolute atomic E-state index is 0.321. The largest absolute Gasteiger partial charge is 0.408 e. The SMILES string of the molecule is C#COc1ccccc1CCCCC(=O)CCCCc1ccccc1OC#C. The van der Waals surface area contributed by atoms with Gasteiger partial charge in [-0.25, -0.2) is 0 Å². The first-order chi connectivity index (χ1) is 13.7. The summed E-state index contributed by atoms with van der Waals surface area (Å²) < 4.78 is 10.4. The molecule has 0 saturated carbocycles. The van der Waals surface area contributed by atoms with E-state index in [0.717, 1.165) is 61.2 Å². The van der Waals surface area contributed by atoms with E-state index in [4.69, 9.17) is 22.3 Å². The topological polar surface area (TPSA) is 35.5 Å². The van der Waals surface area contributed by atoms with Gasteiger partial charge in [0.25, 0.3) is 0 Å². The average molecular weight is 374 g/mol. The van der Waals surface area contributed by atoms with E-state index in [0.29, 0.717) is 18.6 Å². The molecule has 0 N–H and O–H groups in total. The second-order valence-corrected chi connectivity index (χ2v) is 6.61. The number of unbranched alkanes of at least 4 members (excludes halogenated alkanes) is 2. The van der Waals surface area contributed by atoms with Crippen LogP contribution in [0.15, 0.2) is 48.5 Å². The highest BCUT2D eigenvalue weighted by Crippen LogP contribution is 2.21. The number of ketones is 1. The molecule has 0 aromatic heterocycles. The average Bonchev–Trinajstić information content (AvgIpc) is 2.71. The van der Waals surface area contributed by atoms with Gasteiger partial charge in [-0.1, -0.05) is 49.2 Å². The molecule has 144 valence electrons. The Morgan fingerprint density at radius 1 is 0.714 bits per heavy atom. The molecule has 0 saturated heterocycles. The zero-order valence-electron chi connectivity index (χ0n) is 16.2. The predicted molar refractivity (Wildman–Crippen MR) is 112 cm³/mol. The summed E-state index contributed by atoms with van der Waals surface area (Å²) in [6, 6.07) is 15.5. The fourth-order valence-electron chi connectivity index (χ4n) is 3.15. The minimum atomic E-state index is 0.321. The second kappa shape index (κ2) is 12.3. The van der Waals surface area contributed by atoms with Crippen molar-refractivity contribution >= 4 is 5.78 Å². The first-order valence-electron chi connectivity index (χ1n) is 9.67. The maximum Gasteiger partial charge on any atom is 0.143 e. The Hall–Kier alpha value is -3.17. The number of hydrogen-bond donors (Lipinski definition) is 0. The smallest absolute Gasteiger partial charge is 0.143 e. The molecule has 2 rings (SSSR count). The number of benzene rings is 2. The number of hydrogen-bond acceptors (Lipinski definition) is 3. The van der Waals surface area contributed by atoms with Gasteiger partial charge in [-0.15, -0.1) is 0 Å². The lowest BCUT2D eigenvalue weighted by atomic mass is 10.0. The first kappa shape index (κ1) is 21.1. The molecule has 2 aromatic rings. The van der Waals surface area contributed by atoms with Crippen LogP contribution in [0.2, 0.25) is 0 Å². The number of aryl methyl sites for hydroxylation is 2. The molecule has 0 heterocycles. The quantitative estimate of drug-likeness (QED) is 0.372. The van der Waals surface area contributed by atoms with Crippen LogP contribution >= 0.6 is 0 Å². The number of para-hydroxylation sites is 2. The molecule has 0 fully saturated rings. The molecule has 2 aromatic carbocycles. The van der Waals surface area contributed by atoms with Gasteiger partial charge in [0.2, 0.25) is 0 Å². The fraction of sp³-hybridized carbons (Fsp3) is 0.320. The van der Waals surface area contributed by atoms with E-state index >= 15 is 0 Å². The number of carbonyl (C=O) groups excluding carboxylic acids is 1. The highest BCUT2D eigenvalue weighted by atomic mass is 16.5. The summed E-state index contributed by atoms with van der Waals surface area (Å²) in [7, 11) is 0. The van der Waals surface area contributed by atoms with Gasteiger partial charge in [0.1, 0.15) is 29.5 Å². The third kappa shape index (κ3) is 7.22. The highest BCUT2D eigenvalue weighted by Gasteiger charge is 2.06. The summed E-state index contributed by atoms with van der Waals surface area (Å²) in [6.07, 6.45) is 21.4. The van der Waals surface area contributed by atoms with Gasteiger partial charge in [0.15, 0.2) is 0 Å². The van der Waals surface area contributed by atoms with Gasteiger partial charge in [-0.05, 0) is 61.8 Å². The molecule has 0 aliphatic rings. The lowest BCUT2D eigenvalue weighted by Crippen LogP contribution is -2.00. The van der Waals surface area contributed by atoms with Crippen LogP contribution in [0.5, 0.6) is 11.5 Å². The lowest BCUT2D eigenvalue weighted by Gasteiger charge is -2.07. The fourth-order valence-corrected chi connectivity index (χ4v) is 3.15. The van der Waals surface area contributed by atoms with Gasteiger partial charge in [-0.2, -0.15) is 0 Å². The molecule has 0 amide bonds. The molecule has 0 spiro atoms. The van der Waals surface area contributed by atoms with Crippen molar-refractivity contribution in [2.24, 2.45) is 0 Å². The van der Waals surface area contributed by atoms with Crippen LogP contribution in [0.1, 0.15) is 49.7 Å². The van der Waals surface area contributed by atoms with Crippen LogP contribution in [-0.4, -0.2) is 5.78 Å². The number of terminal acetylenes is 2. The van der Waals surface area contributed by atoms with Crippen LogP contribution in [0, 0.1) is 25.1 Å². The van der Waals surface area contributed by atoms with Crippen molar-refractivity contribution in [2.45, 2.75) is 51.4 Å². The maximum absolute atomic E-state index is 12.1. The Labute approximate surface area is 168 Å². The molecule has 28 heavy (non-hydrogen) atoms. The zero-order chi connectivity index (χ0) is 20.0. The van der Waals surface area contributed by atoms with Crippen LogP contribution in [0.25, 0.3) is 0 Å². The summed E-state index contributed by atoms with van der Waals surface area (Å²) in [5.74, 6) is 1.78. The monoisotopic (exact) mass is 374 g/mol. The maximum atomic E-state index is 12.1. The Kier molecular flexibility index (Phi) is 9.25. The van der Waals surface area contributed by atoms with Gasteiger partial charge >= 0.3 is 0 Å². The third-order valence-corrected chi connectivity index (χ3v) is 4.59. The van der Waals surface area contributed by atoms with Gasteiger partial charge in [-0.3, -0.25) is 4.79 Å². The number of Topliss-reactive ketones (excluding diaryl/α,β-unsaturated/α-hetero) is 1. The van der Waals surface area contributed by atoms with Crippen molar-refractivity contribution in [3.05, 3.63) is 59.7 Å². The lowest BCUT2D eigenvalue weighted by molar-refractivity contribution is -0.119. The van der Waals surface area contributed by atoms with E-state index in [1.165, 1.54) is 0 Å². The van der Waals surface area contributed by atoms with E-state index in [2.05, 4.69) is 12.2 Å². The van der Waals surface area contributed by atoms with Crippen LogP contribution in [0.4, 0.5) is 0 Å². The van der Waals surface area contributed by atoms with Gasteiger partial charge in [0.05, 0.1) is 0 Å². The zero-order valence-corrected chi connectivity index (χ0v) is 16.2. The predicted octanol–water partition coefficient (Wildman–Crippen LogP) is 5.32. The summed E-state index contributed by atoms with van der Waals surface area (Å²) in [6.45, 7) is 0. The summed E-state index contributed by atoms with van der Waals surface area (Å²) >= 11 is 0. The summed E-state index contributed by atoms with van der Waals surface area (Å²) in [5.41, 5.74) is 2.17. The molecule has 0 aliphatic heterocycles. The first-order valence-corrected chi connectivity index (χ1v) is 9.67. The van der Waals surface area contributed by atoms with Crippen LogP contribution in [-0.2, 0) is 17.6 Å². The van der Waals surface area contributed by atoms with Crippen LogP contribution in [0.3, 0.4) is 0 Å². The molecule has 0 aliphatic carbocycles. The number of rotatable bonds is 12. The third-order valence-electron chi connectivity index (χ3n) is 4.59. The van der Waals surface area contributed by atoms with E-state index in [9.17, 15) is 4.79 Å².